The summed E-state index contributed by atoms with van der Waals surface area (Å²) < 4.78 is 0. The second-order valence-corrected chi connectivity index (χ2v) is 6.58. The molecule has 0 aliphatic heterocycles. The molecule has 1 unspecified atom stereocenters. The van der Waals surface area contributed by atoms with Crippen molar-refractivity contribution in [2.45, 2.75) is 38.5 Å². The summed E-state index contributed by atoms with van der Waals surface area (Å²) in [6, 6.07) is 11.0. The lowest BCUT2D eigenvalue weighted by atomic mass is 9.80. The van der Waals surface area contributed by atoms with Crippen LogP contribution < -0.4 is 5.32 Å². The summed E-state index contributed by atoms with van der Waals surface area (Å²) in [6.45, 7) is 9.29. The molecule has 0 aromatic heterocycles. The molecule has 1 fully saturated rings. The third kappa shape index (κ3) is 3.83. The molecule has 0 heterocycles. The number of hydrogen-bond acceptors (Lipinski definition) is 2. The van der Waals surface area contributed by atoms with Crippen molar-refractivity contribution in [2.24, 2.45) is 5.92 Å². The number of likely N-dealkylation sites (N-methyl/N-ethyl adjacent to an activating group) is 2. The van der Waals surface area contributed by atoms with Gasteiger partial charge in [-0.1, -0.05) is 50.6 Å². The summed E-state index contributed by atoms with van der Waals surface area (Å²) in [5.74, 6) is 0.949. The van der Waals surface area contributed by atoms with Gasteiger partial charge in [0.2, 0.25) is 0 Å². The standard InChI is InChI=1S/C18H30N2/c1-4-20(13-16-9-8-10-16)15-18(2,14-19-3)17-11-6-5-7-12-17/h5-7,11-12,16,19H,4,8-10,13-15H2,1-3H3. The van der Waals surface area contributed by atoms with Gasteiger partial charge in [-0.25, -0.2) is 0 Å². The maximum absolute atomic E-state index is 3.39. The van der Waals surface area contributed by atoms with Crippen LogP contribution in [0.3, 0.4) is 0 Å². The van der Waals surface area contributed by atoms with E-state index in [2.05, 4.69) is 61.4 Å². The highest BCUT2D eigenvalue weighted by Gasteiger charge is 2.29. The van der Waals surface area contributed by atoms with Crippen LogP contribution in [-0.4, -0.2) is 38.1 Å². The SMILES string of the molecule is CCN(CC1CCC1)CC(C)(CNC)c1ccccc1. The molecule has 1 saturated carbocycles. The Morgan fingerprint density at radius 2 is 1.95 bits per heavy atom. The number of benzene rings is 1. The van der Waals surface area contributed by atoms with Gasteiger partial charge in [-0.2, -0.15) is 0 Å². The van der Waals surface area contributed by atoms with Crippen molar-refractivity contribution in [2.75, 3.05) is 33.2 Å². The molecule has 1 aliphatic rings. The van der Waals surface area contributed by atoms with Crippen LogP contribution in [0.1, 0.15) is 38.7 Å². The lowest BCUT2D eigenvalue weighted by Gasteiger charge is -2.39. The van der Waals surface area contributed by atoms with Crippen LogP contribution in [0.25, 0.3) is 0 Å². The van der Waals surface area contributed by atoms with Crippen LogP contribution in [0, 0.1) is 5.92 Å². The topological polar surface area (TPSA) is 15.3 Å². The summed E-state index contributed by atoms with van der Waals surface area (Å²) >= 11 is 0. The highest BCUT2D eigenvalue weighted by Crippen LogP contribution is 2.29. The summed E-state index contributed by atoms with van der Waals surface area (Å²) in [5, 5.41) is 3.39. The van der Waals surface area contributed by atoms with Gasteiger partial charge < -0.3 is 10.2 Å². The van der Waals surface area contributed by atoms with E-state index in [0.29, 0.717) is 0 Å². The minimum atomic E-state index is 0.190. The monoisotopic (exact) mass is 274 g/mol. The fourth-order valence-electron chi connectivity index (χ4n) is 3.32. The van der Waals surface area contributed by atoms with E-state index in [4.69, 9.17) is 0 Å². The molecule has 112 valence electrons. The summed E-state index contributed by atoms with van der Waals surface area (Å²) in [7, 11) is 2.06. The maximum atomic E-state index is 3.39. The van der Waals surface area contributed by atoms with E-state index in [1.165, 1.54) is 31.4 Å². The molecule has 1 aromatic carbocycles. The van der Waals surface area contributed by atoms with E-state index in [-0.39, 0.29) is 5.41 Å². The highest BCUT2D eigenvalue weighted by molar-refractivity contribution is 5.25. The predicted molar refractivity (Wildman–Crippen MR) is 87.2 cm³/mol. The van der Waals surface area contributed by atoms with Gasteiger partial charge in [0.25, 0.3) is 0 Å². The van der Waals surface area contributed by atoms with E-state index in [9.17, 15) is 0 Å². The second-order valence-electron chi connectivity index (χ2n) is 6.58. The maximum Gasteiger partial charge on any atom is 0.0176 e. The smallest absolute Gasteiger partial charge is 0.0176 e. The van der Waals surface area contributed by atoms with Crippen molar-refractivity contribution >= 4 is 0 Å². The van der Waals surface area contributed by atoms with Crippen molar-refractivity contribution in [3.8, 4) is 0 Å². The average Bonchev–Trinajstić information content (AvgIpc) is 2.42. The molecule has 2 nitrogen and oxygen atoms in total. The molecule has 1 N–H and O–H groups in total. The van der Waals surface area contributed by atoms with Crippen LogP contribution in [0.2, 0.25) is 0 Å². The van der Waals surface area contributed by atoms with E-state index in [1.54, 1.807) is 0 Å². The fraction of sp³-hybridized carbons (Fsp3) is 0.667. The first-order valence-electron chi connectivity index (χ1n) is 8.10. The van der Waals surface area contributed by atoms with Gasteiger partial charge in [0.15, 0.2) is 0 Å². The van der Waals surface area contributed by atoms with Gasteiger partial charge in [-0.3, -0.25) is 0 Å². The molecule has 0 saturated heterocycles. The Hall–Kier alpha value is -0.860. The van der Waals surface area contributed by atoms with Crippen molar-refractivity contribution in [3.05, 3.63) is 35.9 Å². The first-order valence-corrected chi connectivity index (χ1v) is 8.10. The van der Waals surface area contributed by atoms with Crippen molar-refractivity contribution in [3.63, 3.8) is 0 Å². The zero-order chi connectivity index (χ0) is 14.4. The van der Waals surface area contributed by atoms with Gasteiger partial charge >= 0.3 is 0 Å². The van der Waals surface area contributed by atoms with Crippen molar-refractivity contribution in [1.82, 2.24) is 10.2 Å². The lowest BCUT2D eigenvalue weighted by molar-refractivity contribution is 0.154. The molecule has 0 bridgehead atoms. The zero-order valence-corrected chi connectivity index (χ0v) is 13.4. The van der Waals surface area contributed by atoms with Crippen LogP contribution >= 0.6 is 0 Å². The van der Waals surface area contributed by atoms with Crippen molar-refractivity contribution < 1.29 is 0 Å². The van der Waals surface area contributed by atoms with Crippen molar-refractivity contribution in [1.29, 1.82) is 0 Å². The Morgan fingerprint density at radius 3 is 2.45 bits per heavy atom. The Balaban J connectivity index is 2.06. The minimum absolute atomic E-state index is 0.190. The van der Waals surface area contributed by atoms with Gasteiger partial charge in [-0.15, -0.1) is 0 Å². The van der Waals surface area contributed by atoms with Gasteiger partial charge in [0.05, 0.1) is 0 Å². The largest absolute Gasteiger partial charge is 0.319 e. The van der Waals surface area contributed by atoms with Gasteiger partial charge in [0, 0.05) is 25.0 Å². The molecule has 20 heavy (non-hydrogen) atoms. The molecule has 1 aliphatic carbocycles. The molecule has 0 amide bonds. The molecular weight excluding hydrogens is 244 g/mol. The normalized spacial score (nSPS) is 18.8. The number of hydrogen-bond donors (Lipinski definition) is 1. The summed E-state index contributed by atoms with van der Waals surface area (Å²) in [5.41, 5.74) is 1.64. The van der Waals surface area contributed by atoms with Crippen LogP contribution in [0.4, 0.5) is 0 Å². The van der Waals surface area contributed by atoms with E-state index >= 15 is 0 Å². The third-order valence-electron chi connectivity index (χ3n) is 4.80. The Morgan fingerprint density at radius 1 is 1.25 bits per heavy atom. The van der Waals surface area contributed by atoms with Gasteiger partial charge in [0.1, 0.15) is 0 Å². The van der Waals surface area contributed by atoms with Crippen LogP contribution in [-0.2, 0) is 5.41 Å². The third-order valence-corrected chi connectivity index (χ3v) is 4.80. The molecule has 1 aromatic rings. The molecule has 0 spiro atoms. The Kier molecular flexibility index (Phi) is 5.62. The van der Waals surface area contributed by atoms with E-state index < -0.39 is 0 Å². The summed E-state index contributed by atoms with van der Waals surface area (Å²) in [6.07, 6.45) is 4.31. The zero-order valence-electron chi connectivity index (χ0n) is 13.4. The molecular formula is C18H30N2. The first kappa shape index (κ1) is 15.5. The highest BCUT2D eigenvalue weighted by atomic mass is 15.1. The molecule has 0 radical (unpaired) electrons. The summed E-state index contributed by atoms with van der Waals surface area (Å²) in [4.78, 5) is 2.65. The van der Waals surface area contributed by atoms with E-state index in [0.717, 1.165) is 25.6 Å². The quantitative estimate of drug-likeness (QED) is 0.782. The van der Waals surface area contributed by atoms with Crippen LogP contribution in [0.5, 0.6) is 0 Å². The fourth-order valence-corrected chi connectivity index (χ4v) is 3.32. The number of nitrogens with one attached hydrogen (secondary N) is 1. The first-order chi connectivity index (χ1) is 9.68. The molecule has 2 heteroatoms. The molecule has 1 atom stereocenters. The predicted octanol–water partition coefficient (Wildman–Crippen LogP) is 3.29. The Bertz CT molecular complexity index is 386. The molecule has 2 rings (SSSR count). The van der Waals surface area contributed by atoms with E-state index in [1.807, 2.05) is 0 Å². The lowest BCUT2D eigenvalue weighted by Crippen LogP contribution is -2.46. The number of nitrogens with zero attached hydrogens (tertiary/aromatic N) is 1. The second kappa shape index (κ2) is 7.24. The Labute approximate surface area is 124 Å². The van der Waals surface area contributed by atoms with Gasteiger partial charge in [-0.05, 0) is 37.9 Å². The minimum Gasteiger partial charge on any atom is -0.319 e. The van der Waals surface area contributed by atoms with Crippen LogP contribution in [0.15, 0.2) is 30.3 Å². The number of rotatable bonds is 8. The average molecular weight is 274 g/mol.